The SMILES string of the molecule is Cc1cccc(N(CCN2C(=O)c3ccccc3C2=O)C(=O)c2ccc(-c3ccccc3)cc2)c1. The molecule has 5 rings (SSSR count). The topological polar surface area (TPSA) is 57.7 Å². The van der Waals surface area contributed by atoms with Crippen LogP contribution in [0.15, 0.2) is 103 Å². The average molecular weight is 461 g/mol. The summed E-state index contributed by atoms with van der Waals surface area (Å²) in [5.74, 6) is -0.837. The summed E-state index contributed by atoms with van der Waals surface area (Å²) in [5.41, 5.74) is 5.18. The zero-order valence-electron chi connectivity index (χ0n) is 19.3. The van der Waals surface area contributed by atoms with Crippen LogP contribution in [-0.4, -0.2) is 35.7 Å². The second kappa shape index (κ2) is 9.39. The third-order valence-corrected chi connectivity index (χ3v) is 6.22. The molecule has 35 heavy (non-hydrogen) atoms. The fourth-order valence-electron chi connectivity index (χ4n) is 4.38. The monoisotopic (exact) mass is 460 g/mol. The van der Waals surface area contributed by atoms with Crippen molar-refractivity contribution in [1.82, 2.24) is 4.90 Å². The van der Waals surface area contributed by atoms with Crippen LogP contribution in [0.25, 0.3) is 11.1 Å². The van der Waals surface area contributed by atoms with Crippen LogP contribution in [0.3, 0.4) is 0 Å². The standard InChI is InChI=1S/C30H24N2O3/c1-21-8-7-11-25(20-21)31(18-19-32-29(34)26-12-5-6-13-27(26)30(32)35)28(33)24-16-14-23(15-17-24)22-9-3-2-4-10-22/h2-17,20H,18-19H2,1H3. The molecule has 1 aliphatic heterocycles. The number of benzene rings is 4. The van der Waals surface area contributed by atoms with Crippen molar-refractivity contribution in [3.8, 4) is 11.1 Å². The lowest BCUT2D eigenvalue weighted by molar-refractivity contribution is 0.0654. The van der Waals surface area contributed by atoms with Crippen molar-refractivity contribution in [2.75, 3.05) is 18.0 Å². The van der Waals surface area contributed by atoms with Crippen molar-refractivity contribution < 1.29 is 14.4 Å². The van der Waals surface area contributed by atoms with Gasteiger partial charge in [0.25, 0.3) is 17.7 Å². The highest BCUT2D eigenvalue weighted by Gasteiger charge is 2.35. The minimum Gasteiger partial charge on any atom is -0.307 e. The molecule has 0 atom stereocenters. The predicted octanol–water partition coefficient (Wildman–Crippen LogP) is 5.61. The maximum atomic E-state index is 13.6. The Kier molecular flexibility index (Phi) is 5.98. The molecule has 5 nitrogen and oxygen atoms in total. The van der Waals surface area contributed by atoms with Gasteiger partial charge in [-0.25, -0.2) is 0 Å². The Balaban J connectivity index is 1.41. The maximum Gasteiger partial charge on any atom is 0.261 e. The van der Waals surface area contributed by atoms with E-state index in [-0.39, 0.29) is 30.8 Å². The van der Waals surface area contributed by atoms with Crippen LogP contribution >= 0.6 is 0 Å². The van der Waals surface area contributed by atoms with E-state index >= 15 is 0 Å². The number of carbonyl (C=O) groups is 3. The highest BCUT2D eigenvalue weighted by Crippen LogP contribution is 2.25. The molecule has 0 bridgehead atoms. The molecule has 0 aliphatic carbocycles. The first-order valence-electron chi connectivity index (χ1n) is 11.5. The Morgan fingerprint density at radius 2 is 1.31 bits per heavy atom. The third-order valence-electron chi connectivity index (χ3n) is 6.22. The molecule has 0 saturated heterocycles. The Bertz CT molecular complexity index is 1380. The van der Waals surface area contributed by atoms with Crippen LogP contribution in [0.1, 0.15) is 36.6 Å². The van der Waals surface area contributed by atoms with E-state index in [0.29, 0.717) is 16.7 Å². The lowest BCUT2D eigenvalue weighted by Gasteiger charge is -2.25. The molecule has 0 fully saturated rings. The van der Waals surface area contributed by atoms with Gasteiger partial charge in [0.05, 0.1) is 11.1 Å². The van der Waals surface area contributed by atoms with Gasteiger partial charge in [-0.2, -0.15) is 0 Å². The predicted molar refractivity (Wildman–Crippen MR) is 137 cm³/mol. The van der Waals surface area contributed by atoms with E-state index in [0.717, 1.165) is 22.4 Å². The first-order valence-corrected chi connectivity index (χ1v) is 11.5. The van der Waals surface area contributed by atoms with Gasteiger partial charge >= 0.3 is 0 Å². The number of fused-ring (bicyclic) bond motifs is 1. The molecule has 0 aromatic heterocycles. The first-order chi connectivity index (χ1) is 17.0. The number of rotatable bonds is 6. The molecule has 1 heterocycles. The summed E-state index contributed by atoms with van der Waals surface area (Å²) in [6.45, 7) is 2.26. The second-order valence-electron chi connectivity index (χ2n) is 8.55. The summed E-state index contributed by atoms with van der Waals surface area (Å²) < 4.78 is 0. The summed E-state index contributed by atoms with van der Waals surface area (Å²) in [5, 5.41) is 0. The summed E-state index contributed by atoms with van der Waals surface area (Å²) in [6, 6.07) is 31.9. The normalized spacial score (nSPS) is 12.5. The van der Waals surface area contributed by atoms with Crippen LogP contribution in [0.5, 0.6) is 0 Å². The largest absolute Gasteiger partial charge is 0.307 e. The smallest absolute Gasteiger partial charge is 0.261 e. The molecule has 4 aromatic carbocycles. The van der Waals surface area contributed by atoms with Gasteiger partial charge in [-0.1, -0.05) is 66.7 Å². The number of nitrogens with zero attached hydrogens (tertiary/aromatic N) is 2. The van der Waals surface area contributed by atoms with Crippen molar-refractivity contribution in [3.63, 3.8) is 0 Å². The minimum atomic E-state index is -0.325. The van der Waals surface area contributed by atoms with Gasteiger partial charge in [-0.3, -0.25) is 19.3 Å². The van der Waals surface area contributed by atoms with Crippen molar-refractivity contribution >= 4 is 23.4 Å². The molecule has 0 radical (unpaired) electrons. The van der Waals surface area contributed by atoms with Crippen molar-refractivity contribution in [2.45, 2.75) is 6.92 Å². The van der Waals surface area contributed by atoms with E-state index < -0.39 is 0 Å². The van der Waals surface area contributed by atoms with Crippen LogP contribution < -0.4 is 4.90 Å². The lowest BCUT2D eigenvalue weighted by Crippen LogP contribution is -2.41. The van der Waals surface area contributed by atoms with Gasteiger partial charge in [0.1, 0.15) is 0 Å². The Hall–Kier alpha value is -4.51. The molecule has 0 saturated carbocycles. The Morgan fingerprint density at radius 1 is 0.714 bits per heavy atom. The molecule has 3 amide bonds. The van der Waals surface area contributed by atoms with E-state index in [1.807, 2.05) is 85.8 Å². The van der Waals surface area contributed by atoms with E-state index in [9.17, 15) is 14.4 Å². The van der Waals surface area contributed by atoms with Crippen molar-refractivity contribution in [2.24, 2.45) is 0 Å². The number of carbonyl (C=O) groups excluding carboxylic acids is 3. The zero-order chi connectivity index (χ0) is 24.4. The Morgan fingerprint density at radius 3 is 1.94 bits per heavy atom. The van der Waals surface area contributed by atoms with Gasteiger partial charge in [-0.15, -0.1) is 0 Å². The fourth-order valence-corrected chi connectivity index (χ4v) is 4.38. The molecular weight excluding hydrogens is 436 g/mol. The van der Waals surface area contributed by atoms with E-state index in [2.05, 4.69) is 0 Å². The molecule has 5 heteroatoms. The van der Waals surface area contributed by atoms with Crippen LogP contribution in [0.2, 0.25) is 0 Å². The maximum absolute atomic E-state index is 13.6. The van der Waals surface area contributed by atoms with Crippen LogP contribution in [-0.2, 0) is 0 Å². The molecule has 0 spiro atoms. The van der Waals surface area contributed by atoms with E-state index in [1.165, 1.54) is 4.90 Å². The van der Waals surface area contributed by atoms with E-state index in [1.54, 1.807) is 29.2 Å². The first kappa shape index (κ1) is 22.3. The van der Waals surface area contributed by atoms with Crippen LogP contribution in [0.4, 0.5) is 5.69 Å². The highest BCUT2D eigenvalue weighted by molar-refractivity contribution is 6.21. The summed E-state index contributed by atoms with van der Waals surface area (Å²) in [6.07, 6.45) is 0. The highest BCUT2D eigenvalue weighted by atomic mass is 16.2. The van der Waals surface area contributed by atoms with Gasteiger partial charge in [0, 0.05) is 24.3 Å². The number of hydrogen-bond donors (Lipinski definition) is 0. The van der Waals surface area contributed by atoms with Gasteiger partial charge in [0.2, 0.25) is 0 Å². The molecular formula is C30H24N2O3. The number of amides is 3. The quantitative estimate of drug-likeness (QED) is 0.352. The zero-order valence-corrected chi connectivity index (χ0v) is 19.3. The molecule has 0 unspecified atom stereocenters. The molecule has 4 aromatic rings. The van der Waals surface area contributed by atoms with E-state index in [4.69, 9.17) is 0 Å². The Labute approximate surface area is 204 Å². The summed E-state index contributed by atoms with van der Waals surface area (Å²) in [7, 11) is 0. The number of hydrogen-bond acceptors (Lipinski definition) is 3. The van der Waals surface area contributed by atoms with Crippen molar-refractivity contribution in [3.05, 3.63) is 125 Å². The van der Waals surface area contributed by atoms with Gasteiger partial charge in [-0.05, 0) is 60.0 Å². The van der Waals surface area contributed by atoms with Gasteiger partial charge < -0.3 is 4.90 Å². The third kappa shape index (κ3) is 4.36. The second-order valence-corrected chi connectivity index (χ2v) is 8.55. The van der Waals surface area contributed by atoms with Gasteiger partial charge in [0.15, 0.2) is 0 Å². The number of imide groups is 1. The summed E-state index contributed by atoms with van der Waals surface area (Å²) >= 11 is 0. The number of anilines is 1. The minimum absolute atomic E-state index is 0.105. The molecule has 1 aliphatic rings. The molecule has 0 N–H and O–H groups in total. The van der Waals surface area contributed by atoms with Crippen molar-refractivity contribution in [1.29, 1.82) is 0 Å². The molecule has 172 valence electrons. The number of aryl methyl sites for hydroxylation is 1. The van der Waals surface area contributed by atoms with Crippen LogP contribution in [0, 0.1) is 6.92 Å². The lowest BCUT2D eigenvalue weighted by atomic mass is 10.0. The summed E-state index contributed by atoms with van der Waals surface area (Å²) in [4.78, 5) is 42.1. The average Bonchev–Trinajstić information content (AvgIpc) is 3.14. The fraction of sp³-hybridized carbons (Fsp3) is 0.100.